The summed E-state index contributed by atoms with van der Waals surface area (Å²) in [5, 5.41) is 11.4. The van der Waals surface area contributed by atoms with Crippen molar-refractivity contribution in [2.24, 2.45) is 0 Å². The average Bonchev–Trinajstić information content (AvgIpc) is 2.67. The standard InChI is InChI=1S/C20H18N2O4/c1-14(20(24)22-17-5-3-4-6-18(17)25-2)26-19(23)12-11-15-7-9-16(13-21)10-8-15/h3-12,14H,1-2H3,(H,22,24)/b12-11+/t14-/m0/s1. The number of anilines is 1. The van der Waals surface area contributed by atoms with Crippen LogP contribution in [0.3, 0.4) is 0 Å². The van der Waals surface area contributed by atoms with E-state index in [0.29, 0.717) is 17.0 Å². The third kappa shape index (κ3) is 5.21. The molecule has 26 heavy (non-hydrogen) atoms. The SMILES string of the molecule is COc1ccccc1NC(=O)[C@H](C)OC(=O)/C=C/c1ccc(C#N)cc1. The van der Waals surface area contributed by atoms with E-state index in [2.05, 4.69) is 5.32 Å². The number of ether oxygens (including phenoxy) is 2. The van der Waals surface area contributed by atoms with Gasteiger partial charge in [-0.1, -0.05) is 24.3 Å². The van der Waals surface area contributed by atoms with Gasteiger partial charge >= 0.3 is 5.97 Å². The molecule has 0 aliphatic rings. The Labute approximate surface area is 151 Å². The fourth-order valence-electron chi connectivity index (χ4n) is 2.08. The van der Waals surface area contributed by atoms with Crippen LogP contribution in [0.5, 0.6) is 5.75 Å². The van der Waals surface area contributed by atoms with Crippen molar-refractivity contribution in [1.82, 2.24) is 0 Å². The van der Waals surface area contributed by atoms with E-state index in [9.17, 15) is 9.59 Å². The van der Waals surface area contributed by atoms with Crippen LogP contribution in [0.4, 0.5) is 5.69 Å². The number of rotatable bonds is 6. The summed E-state index contributed by atoms with van der Waals surface area (Å²) in [6.07, 6.45) is 1.81. The first kappa shape index (κ1) is 18.7. The number of benzene rings is 2. The number of hydrogen-bond donors (Lipinski definition) is 1. The Morgan fingerprint density at radius 1 is 1.15 bits per heavy atom. The highest BCUT2D eigenvalue weighted by Gasteiger charge is 2.18. The largest absolute Gasteiger partial charge is 0.495 e. The second-order valence-corrected chi connectivity index (χ2v) is 5.34. The number of nitrogens with zero attached hydrogens (tertiary/aromatic N) is 1. The van der Waals surface area contributed by atoms with E-state index in [0.717, 1.165) is 5.56 Å². The van der Waals surface area contributed by atoms with E-state index >= 15 is 0 Å². The molecule has 2 aromatic carbocycles. The molecule has 2 aromatic rings. The van der Waals surface area contributed by atoms with Crippen LogP contribution in [0.1, 0.15) is 18.1 Å². The first-order valence-corrected chi connectivity index (χ1v) is 7.86. The molecular weight excluding hydrogens is 332 g/mol. The van der Waals surface area contributed by atoms with Gasteiger partial charge in [0, 0.05) is 6.08 Å². The fraction of sp³-hybridized carbons (Fsp3) is 0.150. The van der Waals surface area contributed by atoms with Gasteiger partial charge in [-0.3, -0.25) is 4.79 Å². The Balaban J connectivity index is 1.92. The van der Waals surface area contributed by atoms with Gasteiger partial charge in [0.05, 0.1) is 24.4 Å². The van der Waals surface area contributed by atoms with Crippen molar-refractivity contribution >= 4 is 23.6 Å². The maximum absolute atomic E-state index is 12.2. The summed E-state index contributed by atoms with van der Waals surface area (Å²) in [6.45, 7) is 1.48. The van der Waals surface area contributed by atoms with E-state index < -0.39 is 18.0 Å². The van der Waals surface area contributed by atoms with Gasteiger partial charge < -0.3 is 14.8 Å². The van der Waals surface area contributed by atoms with E-state index in [1.807, 2.05) is 6.07 Å². The van der Waals surface area contributed by atoms with E-state index in [4.69, 9.17) is 14.7 Å². The lowest BCUT2D eigenvalue weighted by molar-refractivity contribution is -0.148. The van der Waals surface area contributed by atoms with Gasteiger partial charge in [-0.25, -0.2) is 4.79 Å². The number of hydrogen-bond acceptors (Lipinski definition) is 5. The predicted molar refractivity (Wildman–Crippen MR) is 97.4 cm³/mol. The molecule has 0 saturated carbocycles. The molecule has 6 heteroatoms. The summed E-state index contributed by atoms with van der Waals surface area (Å²) in [4.78, 5) is 24.0. The third-order valence-corrected chi connectivity index (χ3v) is 3.48. The summed E-state index contributed by atoms with van der Waals surface area (Å²) in [5.41, 5.74) is 1.77. The number of carbonyl (C=O) groups is 2. The third-order valence-electron chi connectivity index (χ3n) is 3.48. The molecule has 1 amide bonds. The highest BCUT2D eigenvalue weighted by Crippen LogP contribution is 2.23. The normalized spacial score (nSPS) is 11.4. The predicted octanol–water partition coefficient (Wildman–Crippen LogP) is 3.15. The molecule has 0 radical (unpaired) electrons. The van der Waals surface area contributed by atoms with Crippen LogP contribution in [0, 0.1) is 11.3 Å². The van der Waals surface area contributed by atoms with Crippen molar-refractivity contribution in [3.63, 3.8) is 0 Å². The number of carbonyl (C=O) groups excluding carboxylic acids is 2. The number of methoxy groups -OCH3 is 1. The van der Waals surface area contributed by atoms with Crippen molar-refractivity contribution in [1.29, 1.82) is 5.26 Å². The van der Waals surface area contributed by atoms with Gasteiger partial charge in [0.1, 0.15) is 5.75 Å². The van der Waals surface area contributed by atoms with Crippen molar-refractivity contribution in [3.8, 4) is 11.8 Å². The van der Waals surface area contributed by atoms with Crippen molar-refractivity contribution < 1.29 is 19.1 Å². The monoisotopic (exact) mass is 350 g/mol. The zero-order valence-corrected chi connectivity index (χ0v) is 14.4. The lowest BCUT2D eigenvalue weighted by Gasteiger charge is -2.14. The molecule has 0 fully saturated rings. The molecule has 0 aliphatic heterocycles. The van der Waals surface area contributed by atoms with Crippen LogP contribution < -0.4 is 10.1 Å². The molecule has 132 valence electrons. The first-order valence-electron chi connectivity index (χ1n) is 7.86. The lowest BCUT2D eigenvalue weighted by Crippen LogP contribution is -2.29. The zero-order chi connectivity index (χ0) is 18.9. The van der Waals surface area contributed by atoms with Crippen LogP contribution in [-0.4, -0.2) is 25.1 Å². The molecule has 0 aliphatic carbocycles. The maximum Gasteiger partial charge on any atom is 0.331 e. The highest BCUT2D eigenvalue weighted by molar-refractivity contribution is 5.97. The first-order chi connectivity index (χ1) is 12.5. The highest BCUT2D eigenvalue weighted by atomic mass is 16.5. The number of nitriles is 1. The minimum atomic E-state index is -0.974. The second-order valence-electron chi connectivity index (χ2n) is 5.34. The Kier molecular flexibility index (Phi) is 6.52. The van der Waals surface area contributed by atoms with Crippen molar-refractivity contribution in [2.75, 3.05) is 12.4 Å². The van der Waals surface area contributed by atoms with Crippen LogP contribution in [0.25, 0.3) is 6.08 Å². The van der Waals surface area contributed by atoms with Gasteiger partial charge in [-0.05, 0) is 42.8 Å². The smallest absolute Gasteiger partial charge is 0.331 e. The zero-order valence-electron chi connectivity index (χ0n) is 14.4. The number of para-hydroxylation sites is 2. The molecule has 1 atom stereocenters. The van der Waals surface area contributed by atoms with Crippen molar-refractivity contribution in [2.45, 2.75) is 13.0 Å². The molecule has 2 rings (SSSR count). The average molecular weight is 350 g/mol. The Hall–Kier alpha value is -3.59. The van der Waals surface area contributed by atoms with Crippen LogP contribution >= 0.6 is 0 Å². The molecule has 0 aromatic heterocycles. The maximum atomic E-state index is 12.2. The lowest BCUT2D eigenvalue weighted by atomic mass is 10.1. The molecule has 0 saturated heterocycles. The quantitative estimate of drug-likeness (QED) is 0.639. The molecular formula is C20H18N2O4. The van der Waals surface area contributed by atoms with Gasteiger partial charge in [0.25, 0.3) is 5.91 Å². The molecule has 0 unspecified atom stereocenters. The Morgan fingerprint density at radius 2 is 1.85 bits per heavy atom. The molecule has 0 bridgehead atoms. The molecule has 0 heterocycles. The Morgan fingerprint density at radius 3 is 2.50 bits per heavy atom. The van der Waals surface area contributed by atoms with Gasteiger partial charge in [0.2, 0.25) is 0 Å². The molecule has 1 N–H and O–H groups in total. The molecule has 0 spiro atoms. The number of esters is 1. The van der Waals surface area contributed by atoms with Crippen LogP contribution in [-0.2, 0) is 14.3 Å². The van der Waals surface area contributed by atoms with Crippen molar-refractivity contribution in [3.05, 3.63) is 65.7 Å². The van der Waals surface area contributed by atoms with E-state index in [-0.39, 0.29) is 0 Å². The summed E-state index contributed by atoms with van der Waals surface area (Å²) < 4.78 is 10.3. The minimum absolute atomic E-state index is 0.463. The van der Waals surface area contributed by atoms with Crippen LogP contribution in [0.2, 0.25) is 0 Å². The van der Waals surface area contributed by atoms with Gasteiger partial charge in [-0.15, -0.1) is 0 Å². The summed E-state index contributed by atoms with van der Waals surface area (Å²) in [6, 6.07) is 15.7. The van der Waals surface area contributed by atoms with Crippen LogP contribution in [0.15, 0.2) is 54.6 Å². The van der Waals surface area contributed by atoms with Gasteiger partial charge in [-0.2, -0.15) is 5.26 Å². The summed E-state index contributed by atoms with van der Waals surface area (Å²) >= 11 is 0. The Bertz CT molecular complexity index is 851. The fourth-order valence-corrected chi connectivity index (χ4v) is 2.08. The van der Waals surface area contributed by atoms with Gasteiger partial charge in [0.15, 0.2) is 6.10 Å². The molecule has 6 nitrogen and oxygen atoms in total. The summed E-state index contributed by atoms with van der Waals surface area (Å²) in [7, 11) is 1.50. The number of nitrogens with one attached hydrogen (secondary N) is 1. The topological polar surface area (TPSA) is 88.4 Å². The number of amides is 1. The van der Waals surface area contributed by atoms with E-state index in [1.165, 1.54) is 20.1 Å². The van der Waals surface area contributed by atoms with E-state index in [1.54, 1.807) is 54.6 Å². The summed E-state index contributed by atoms with van der Waals surface area (Å²) in [5.74, 6) is -0.591. The minimum Gasteiger partial charge on any atom is -0.495 e. The second kappa shape index (κ2) is 9.04.